The van der Waals surface area contributed by atoms with Crippen LogP contribution < -0.4 is 24.8 Å². The maximum atomic E-state index is 12.7. The largest absolute Gasteiger partial charge is 0.493 e. The number of amides is 2. The van der Waals surface area contributed by atoms with Gasteiger partial charge in [-0.25, -0.2) is 4.79 Å². The van der Waals surface area contributed by atoms with E-state index in [1.807, 2.05) is 13.8 Å². The Morgan fingerprint density at radius 3 is 2.22 bits per heavy atom. The number of ether oxygens (including phenoxy) is 4. The first-order valence-electron chi connectivity index (χ1n) is 8.55. The van der Waals surface area contributed by atoms with Crippen LogP contribution in [0.15, 0.2) is 24.4 Å². The predicted octanol–water partition coefficient (Wildman–Crippen LogP) is 2.40. The first-order chi connectivity index (χ1) is 12.8. The molecule has 0 bridgehead atoms. The molecule has 2 N–H and O–H groups in total. The van der Waals surface area contributed by atoms with Crippen LogP contribution in [0, 0.1) is 11.8 Å². The predicted molar refractivity (Wildman–Crippen MR) is 98.9 cm³/mol. The molecule has 1 aromatic carbocycles. The van der Waals surface area contributed by atoms with E-state index in [0.29, 0.717) is 22.8 Å². The summed E-state index contributed by atoms with van der Waals surface area (Å²) < 4.78 is 21.4. The third-order valence-corrected chi connectivity index (χ3v) is 4.13. The molecule has 0 aliphatic carbocycles. The Balaban J connectivity index is 2.46. The molecule has 27 heavy (non-hydrogen) atoms. The lowest BCUT2D eigenvalue weighted by atomic mass is 9.88. The van der Waals surface area contributed by atoms with Gasteiger partial charge in [0.1, 0.15) is 5.92 Å². The molecule has 1 saturated heterocycles. The molecule has 1 fully saturated rings. The van der Waals surface area contributed by atoms with Gasteiger partial charge in [-0.3, -0.25) is 4.79 Å². The molecule has 0 aromatic heterocycles. The van der Waals surface area contributed by atoms with Crippen LogP contribution in [0.1, 0.15) is 25.5 Å². The number of carbonyl (C=O) groups is 2. The quantitative estimate of drug-likeness (QED) is 0.708. The highest BCUT2D eigenvalue weighted by Crippen LogP contribution is 2.42. The Morgan fingerprint density at radius 2 is 1.74 bits per heavy atom. The number of carbonyl (C=O) groups excluding carboxylic acids is 2. The summed E-state index contributed by atoms with van der Waals surface area (Å²) >= 11 is 0. The smallest absolute Gasteiger partial charge is 0.319 e. The molecule has 148 valence electrons. The van der Waals surface area contributed by atoms with E-state index in [2.05, 4.69) is 17.2 Å². The summed E-state index contributed by atoms with van der Waals surface area (Å²) in [4.78, 5) is 24.7. The number of methoxy groups -OCH3 is 3. The zero-order valence-electron chi connectivity index (χ0n) is 16.3. The van der Waals surface area contributed by atoms with E-state index in [1.54, 1.807) is 12.1 Å². The zero-order chi connectivity index (χ0) is 20.1. The van der Waals surface area contributed by atoms with Gasteiger partial charge in [-0.1, -0.05) is 20.4 Å². The number of urea groups is 1. The van der Waals surface area contributed by atoms with Crippen molar-refractivity contribution in [2.24, 2.45) is 11.8 Å². The SMILES string of the molecule is C=C1NC(=O)NC(c2cc(OC)c(OC)c(OC)c2)C1C(=O)OCC(C)C. The van der Waals surface area contributed by atoms with Crippen molar-refractivity contribution in [3.8, 4) is 17.2 Å². The van der Waals surface area contributed by atoms with Gasteiger partial charge in [0.15, 0.2) is 11.5 Å². The van der Waals surface area contributed by atoms with Gasteiger partial charge in [-0.2, -0.15) is 0 Å². The summed E-state index contributed by atoms with van der Waals surface area (Å²) in [6.07, 6.45) is 0. The molecule has 8 nitrogen and oxygen atoms in total. The summed E-state index contributed by atoms with van der Waals surface area (Å²) in [5.74, 6) is 0.165. The van der Waals surface area contributed by atoms with E-state index in [9.17, 15) is 9.59 Å². The van der Waals surface area contributed by atoms with Crippen molar-refractivity contribution in [1.29, 1.82) is 0 Å². The van der Waals surface area contributed by atoms with E-state index in [1.165, 1.54) is 21.3 Å². The Kier molecular flexibility index (Phi) is 6.55. The average Bonchev–Trinajstić information content (AvgIpc) is 2.64. The van der Waals surface area contributed by atoms with Crippen molar-refractivity contribution >= 4 is 12.0 Å². The first kappa shape index (κ1) is 20.4. The molecular formula is C19H26N2O6. The fourth-order valence-electron chi connectivity index (χ4n) is 2.86. The Hall–Kier alpha value is -2.90. The Bertz CT molecular complexity index is 706. The monoisotopic (exact) mass is 378 g/mol. The molecule has 2 unspecified atom stereocenters. The number of hydrogen-bond donors (Lipinski definition) is 2. The minimum atomic E-state index is -0.802. The minimum Gasteiger partial charge on any atom is -0.493 e. The molecule has 2 amide bonds. The standard InChI is InChI=1S/C19H26N2O6/c1-10(2)9-27-18(22)15-11(3)20-19(23)21-16(15)12-7-13(24-4)17(26-6)14(8-12)25-5/h7-8,10,15-16H,3,9H2,1-2,4-6H3,(H2,20,21,23). The first-order valence-corrected chi connectivity index (χ1v) is 8.55. The highest BCUT2D eigenvalue weighted by Gasteiger charge is 2.39. The van der Waals surface area contributed by atoms with Crippen LogP contribution in [0.5, 0.6) is 17.2 Å². The van der Waals surface area contributed by atoms with Crippen LogP contribution >= 0.6 is 0 Å². The second-order valence-corrected chi connectivity index (χ2v) is 6.56. The number of esters is 1. The number of nitrogens with one attached hydrogen (secondary N) is 2. The molecule has 0 saturated carbocycles. The topological polar surface area (TPSA) is 95.1 Å². The van der Waals surface area contributed by atoms with Gasteiger partial charge in [0, 0.05) is 5.70 Å². The highest BCUT2D eigenvalue weighted by atomic mass is 16.5. The summed E-state index contributed by atoms with van der Waals surface area (Å²) in [6, 6.07) is 2.23. The molecule has 1 aliphatic heterocycles. The van der Waals surface area contributed by atoms with Gasteiger partial charge in [-0.15, -0.1) is 0 Å². The lowest BCUT2D eigenvalue weighted by Gasteiger charge is -2.33. The summed E-state index contributed by atoms with van der Waals surface area (Å²) in [7, 11) is 4.49. The van der Waals surface area contributed by atoms with Crippen molar-refractivity contribution in [2.75, 3.05) is 27.9 Å². The van der Waals surface area contributed by atoms with Gasteiger partial charge in [0.2, 0.25) is 5.75 Å². The van der Waals surface area contributed by atoms with Crippen molar-refractivity contribution in [3.63, 3.8) is 0 Å². The molecule has 2 rings (SSSR count). The van der Waals surface area contributed by atoms with Gasteiger partial charge in [-0.05, 0) is 23.6 Å². The molecule has 2 atom stereocenters. The Morgan fingerprint density at radius 1 is 1.15 bits per heavy atom. The molecule has 0 radical (unpaired) electrons. The Labute approximate surface area is 158 Å². The van der Waals surface area contributed by atoms with Crippen LogP contribution in [0.2, 0.25) is 0 Å². The van der Waals surface area contributed by atoms with Crippen molar-refractivity contribution in [2.45, 2.75) is 19.9 Å². The molecule has 0 spiro atoms. The highest BCUT2D eigenvalue weighted by molar-refractivity contribution is 5.85. The third kappa shape index (κ3) is 4.45. The van der Waals surface area contributed by atoms with Crippen molar-refractivity contribution in [1.82, 2.24) is 10.6 Å². The molecule has 1 aliphatic rings. The van der Waals surface area contributed by atoms with E-state index >= 15 is 0 Å². The maximum Gasteiger partial charge on any atom is 0.319 e. The average molecular weight is 378 g/mol. The normalized spacial score (nSPS) is 19.2. The van der Waals surface area contributed by atoms with Crippen LogP contribution in [0.25, 0.3) is 0 Å². The fraction of sp³-hybridized carbons (Fsp3) is 0.474. The van der Waals surface area contributed by atoms with Crippen LogP contribution in [-0.2, 0) is 9.53 Å². The van der Waals surface area contributed by atoms with Crippen LogP contribution in [-0.4, -0.2) is 39.9 Å². The fourth-order valence-corrected chi connectivity index (χ4v) is 2.86. The molecule has 1 aromatic rings. The minimum absolute atomic E-state index is 0.188. The van der Waals surface area contributed by atoms with Crippen LogP contribution in [0.3, 0.4) is 0 Å². The summed E-state index contributed by atoms with van der Waals surface area (Å²) in [5.41, 5.74) is 0.873. The van der Waals surface area contributed by atoms with Gasteiger partial charge in [0.05, 0.1) is 34.0 Å². The number of benzene rings is 1. The second-order valence-electron chi connectivity index (χ2n) is 6.56. The molecule has 1 heterocycles. The zero-order valence-corrected chi connectivity index (χ0v) is 16.3. The van der Waals surface area contributed by atoms with Crippen LogP contribution in [0.4, 0.5) is 4.79 Å². The van der Waals surface area contributed by atoms with E-state index < -0.39 is 24.0 Å². The van der Waals surface area contributed by atoms with Gasteiger partial charge in [0.25, 0.3) is 0 Å². The lowest BCUT2D eigenvalue weighted by Crippen LogP contribution is -2.51. The number of rotatable bonds is 7. The second kappa shape index (κ2) is 8.66. The molecule has 8 heteroatoms. The molecular weight excluding hydrogens is 352 g/mol. The van der Waals surface area contributed by atoms with Gasteiger partial charge < -0.3 is 29.6 Å². The summed E-state index contributed by atoms with van der Waals surface area (Å²) in [5, 5.41) is 5.30. The lowest BCUT2D eigenvalue weighted by molar-refractivity contribution is -0.149. The number of hydrogen-bond acceptors (Lipinski definition) is 6. The third-order valence-electron chi connectivity index (χ3n) is 4.13. The maximum absolute atomic E-state index is 12.7. The summed E-state index contributed by atoms with van der Waals surface area (Å²) in [6.45, 7) is 7.99. The van der Waals surface area contributed by atoms with Crippen molar-refractivity contribution in [3.05, 3.63) is 30.0 Å². The van der Waals surface area contributed by atoms with E-state index in [-0.39, 0.29) is 18.2 Å². The van der Waals surface area contributed by atoms with E-state index in [0.717, 1.165) is 0 Å². The van der Waals surface area contributed by atoms with Crippen molar-refractivity contribution < 1.29 is 28.5 Å². The van der Waals surface area contributed by atoms with Gasteiger partial charge >= 0.3 is 12.0 Å². The van der Waals surface area contributed by atoms with E-state index in [4.69, 9.17) is 18.9 Å².